The van der Waals surface area contributed by atoms with Gasteiger partial charge in [0.2, 0.25) is 11.8 Å². The topological polar surface area (TPSA) is 69.7 Å². The van der Waals surface area contributed by atoms with E-state index in [9.17, 15) is 9.18 Å². The SMILES string of the molecule is COC(ONC(=O)C1(c2c(Cl)c3nc(c2Cl)O3)CC=C(F)C=C1F)C1CC1. The van der Waals surface area contributed by atoms with Crippen LogP contribution < -0.4 is 10.2 Å². The highest BCUT2D eigenvalue weighted by molar-refractivity contribution is 6.39. The molecular formula is C17H14Cl2F2N2O4. The van der Waals surface area contributed by atoms with Crippen molar-refractivity contribution in [1.29, 1.82) is 0 Å². The lowest BCUT2D eigenvalue weighted by atomic mass is 9.73. The molecule has 27 heavy (non-hydrogen) atoms. The van der Waals surface area contributed by atoms with Crippen molar-refractivity contribution in [1.82, 2.24) is 10.5 Å². The average molecular weight is 419 g/mol. The summed E-state index contributed by atoms with van der Waals surface area (Å²) >= 11 is 12.5. The molecule has 2 bridgehead atoms. The van der Waals surface area contributed by atoms with Gasteiger partial charge in [-0.05, 0) is 25.3 Å². The Morgan fingerprint density at radius 1 is 1.37 bits per heavy atom. The molecule has 2 aliphatic heterocycles. The van der Waals surface area contributed by atoms with Crippen molar-refractivity contribution < 1.29 is 27.9 Å². The van der Waals surface area contributed by atoms with Crippen molar-refractivity contribution in [3.8, 4) is 11.8 Å². The molecule has 1 aromatic rings. The van der Waals surface area contributed by atoms with Crippen LogP contribution in [0.3, 0.4) is 0 Å². The number of nitrogens with zero attached hydrogens (tertiary/aromatic N) is 1. The zero-order valence-electron chi connectivity index (χ0n) is 14.0. The molecule has 2 aliphatic carbocycles. The van der Waals surface area contributed by atoms with Gasteiger partial charge >= 0.3 is 0 Å². The third-order valence-electron chi connectivity index (χ3n) is 4.81. The minimum Gasteiger partial charge on any atom is -0.417 e. The predicted octanol–water partition coefficient (Wildman–Crippen LogP) is 4.27. The van der Waals surface area contributed by atoms with Gasteiger partial charge in [0.05, 0.1) is 0 Å². The van der Waals surface area contributed by atoms with E-state index in [-0.39, 0.29) is 39.7 Å². The second-order valence-corrected chi connectivity index (χ2v) is 7.26. The fourth-order valence-corrected chi connectivity index (χ4v) is 3.88. The Hall–Kier alpha value is -1.74. The largest absolute Gasteiger partial charge is 0.417 e. The minimum atomic E-state index is -2.01. The molecule has 1 N–H and O–H groups in total. The molecule has 0 radical (unpaired) electrons. The zero-order valence-corrected chi connectivity index (χ0v) is 15.5. The first-order valence-electron chi connectivity index (χ1n) is 8.18. The average Bonchev–Trinajstić information content (AvgIpc) is 3.40. The molecule has 2 unspecified atom stereocenters. The van der Waals surface area contributed by atoms with Gasteiger partial charge in [-0.25, -0.2) is 19.1 Å². The summed E-state index contributed by atoms with van der Waals surface area (Å²) in [6.07, 6.45) is 2.47. The lowest BCUT2D eigenvalue weighted by molar-refractivity contribution is -0.188. The third kappa shape index (κ3) is 2.91. The standard InChI is InChI=1S/C17H14Cl2F2N2O4/c1-25-15(7-2-3-7)27-23-16(24)17(5-4-8(20)6-9(17)21)10-11(18)13-22-14(26-13)12(10)19/h4,6-7,15H,2-3,5H2,1H3,(H,23,24). The van der Waals surface area contributed by atoms with Gasteiger partial charge < -0.3 is 9.47 Å². The maximum atomic E-state index is 15.0. The molecule has 1 amide bonds. The maximum Gasteiger partial charge on any atom is 0.261 e. The van der Waals surface area contributed by atoms with E-state index in [1.54, 1.807) is 0 Å². The Labute approximate surface area is 163 Å². The summed E-state index contributed by atoms with van der Waals surface area (Å²) in [4.78, 5) is 22.3. The van der Waals surface area contributed by atoms with Gasteiger partial charge in [-0.3, -0.25) is 4.79 Å². The number of rotatable bonds is 6. The number of amides is 1. The van der Waals surface area contributed by atoms with E-state index in [1.165, 1.54) is 7.11 Å². The Kier molecular flexibility index (Phi) is 4.62. The van der Waals surface area contributed by atoms with E-state index >= 15 is 4.39 Å². The number of pyridine rings is 1. The fourth-order valence-electron chi connectivity index (χ4n) is 3.15. The smallest absolute Gasteiger partial charge is 0.261 e. The van der Waals surface area contributed by atoms with Crippen molar-refractivity contribution >= 4 is 29.1 Å². The first-order valence-corrected chi connectivity index (χ1v) is 8.93. The highest BCUT2D eigenvalue weighted by Gasteiger charge is 2.52. The van der Waals surface area contributed by atoms with E-state index in [0.29, 0.717) is 6.08 Å². The van der Waals surface area contributed by atoms with Gasteiger partial charge in [-0.1, -0.05) is 23.2 Å². The summed E-state index contributed by atoms with van der Waals surface area (Å²) in [5.74, 6) is -2.56. The van der Waals surface area contributed by atoms with Crippen molar-refractivity contribution in [2.75, 3.05) is 7.11 Å². The van der Waals surface area contributed by atoms with Crippen LogP contribution in [0, 0.1) is 5.92 Å². The lowest BCUT2D eigenvalue weighted by Gasteiger charge is -2.35. The number of hydroxylamine groups is 1. The second kappa shape index (κ2) is 6.70. The number of ether oxygens (including phenoxy) is 2. The number of carbonyl (C=O) groups excluding carboxylic acids is 1. The first-order chi connectivity index (χ1) is 12.9. The van der Waals surface area contributed by atoms with Gasteiger partial charge in [0, 0.05) is 24.7 Å². The van der Waals surface area contributed by atoms with E-state index in [1.807, 2.05) is 0 Å². The number of carbonyl (C=O) groups is 1. The number of aromatic nitrogens is 1. The molecule has 1 aromatic heterocycles. The Bertz CT molecular complexity index is 862. The number of allylic oxidation sites excluding steroid dienone is 3. The molecule has 0 aromatic carbocycles. The molecule has 144 valence electrons. The van der Waals surface area contributed by atoms with Gasteiger partial charge in [0.15, 0.2) is 6.29 Å². The minimum absolute atomic E-state index is 0.0229. The van der Waals surface area contributed by atoms with E-state index in [4.69, 9.17) is 37.5 Å². The Balaban J connectivity index is 1.72. The zero-order chi connectivity index (χ0) is 19.3. The van der Waals surface area contributed by atoms with Crippen molar-refractivity contribution in [3.63, 3.8) is 0 Å². The van der Waals surface area contributed by atoms with Crippen LogP contribution in [0.4, 0.5) is 8.78 Å². The van der Waals surface area contributed by atoms with Crippen LogP contribution in [0.5, 0.6) is 11.8 Å². The van der Waals surface area contributed by atoms with Crippen molar-refractivity contribution in [2.24, 2.45) is 5.92 Å². The van der Waals surface area contributed by atoms with Crippen LogP contribution in [-0.4, -0.2) is 24.3 Å². The summed E-state index contributed by atoms with van der Waals surface area (Å²) in [6, 6.07) is 0. The predicted molar refractivity (Wildman–Crippen MR) is 91.8 cm³/mol. The molecule has 5 rings (SSSR count). The summed E-state index contributed by atoms with van der Waals surface area (Å²) in [5, 5.41) is -0.232. The van der Waals surface area contributed by atoms with E-state index in [0.717, 1.165) is 18.9 Å². The number of halogens is 4. The number of fused-ring (bicyclic) bond motifs is 2. The maximum absolute atomic E-state index is 15.0. The van der Waals surface area contributed by atoms with Crippen LogP contribution in [0.1, 0.15) is 24.8 Å². The molecule has 0 spiro atoms. The molecule has 4 aliphatic rings. The van der Waals surface area contributed by atoms with Crippen molar-refractivity contribution in [3.05, 3.63) is 39.4 Å². The van der Waals surface area contributed by atoms with Gasteiger partial charge in [0.1, 0.15) is 27.1 Å². The molecule has 6 nitrogen and oxygen atoms in total. The number of hydrogen-bond donors (Lipinski definition) is 1. The molecule has 10 heteroatoms. The Morgan fingerprint density at radius 2 is 2.00 bits per heavy atom. The normalized spacial score (nSPS) is 24.3. The van der Waals surface area contributed by atoms with Gasteiger partial charge in [-0.15, -0.1) is 0 Å². The fraction of sp³-hybridized carbons (Fsp3) is 0.412. The van der Waals surface area contributed by atoms with E-state index in [2.05, 4.69) is 10.5 Å². The molecule has 3 heterocycles. The Morgan fingerprint density at radius 3 is 2.52 bits per heavy atom. The number of nitrogens with one attached hydrogen (secondary N) is 1. The highest BCUT2D eigenvalue weighted by Crippen LogP contribution is 2.55. The summed E-state index contributed by atoms with van der Waals surface area (Å²) < 4.78 is 38.9. The van der Waals surface area contributed by atoms with Gasteiger partial charge in [-0.2, -0.15) is 4.98 Å². The summed E-state index contributed by atoms with van der Waals surface area (Å²) in [5.41, 5.74) is 0.170. The van der Waals surface area contributed by atoms with Crippen LogP contribution in [0.15, 0.2) is 23.8 Å². The third-order valence-corrected chi connectivity index (χ3v) is 5.51. The summed E-state index contributed by atoms with van der Waals surface area (Å²) in [6.45, 7) is 0. The van der Waals surface area contributed by atoms with Crippen LogP contribution >= 0.6 is 23.2 Å². The van der Waals surface area contributed by atoms with Gasteiger partial charge in [0.25, 0.3) is 5.91 Å². The lowest BCUT2D eigenvalue weighted by Crippen LogP contribution is -2.48. The van der Waals surface area contributed by atoms with Crippen LogP contribution in [-0.2, 0) is 19.8 Å². The number of methoxy groups -OCH3 is 1. The molecule has 1 saturated carbocycles. The molecule has 1 fully saturated rings. The quantitative estimate of drug-likeness (QED) is 0.560. The first kappa shape index (κ1) is 18.6. The van der Waals surface area contributed by atoms with Crippen LogP contribution in [0.25, 0.3) is 0 Å². The molecule has 0 saturated heterocycles. The number of hydrogen-bond acceptors (Lipinski definition) is 5. The van der Waals surface area contributed by atoms with E-state index < -0.39 is 29.3 Å². The highest BCUT2D eigenvalue weighted by atomic mass is 35.5. The second-order valence-electron chi connectivity index (χ2n) is 6.51. The van der Waals surface area contributed by atoms with Crippen LogP contribution in [0.2, 0.25) is 10.0 Å². The summed E-state index contributed by atoms with van der Waals surface area (Å²) in [7, 11) is 1.44. The van der Waals surface area contributed by atoms with Crippen molar-refractivity contribution in [2.45, 2.75) is 31.0 Å². The monoisotopic (exact) mass is 418 g/mol. The molecular weight excluding hydrogens is 405 g/mol. The molecule has 2 atom stereocenters.